The number of aromatic nitrogens is 1. The molecule has 0 aromatic carbocycles. The Morgan fingerprint density at radius 1 is 1.53 bits per heavy atom. The average molecular weight is 235 g/mol. The van der Waals surface area contributed by atoms with Gasteiger partial charge in [-0.3, -0.25) is 0 Å². The number of hydrogen-bond donors (Lipinski definition) is 1. The smallest absolute Gasteiger partial charge is 0.129 e. The van der Waals surface area contributed by atoms with Gasteiger partial charge < -0.3 is 15.0 Å². The van der Waals surface area contributed by atoms with Crippen LogP contribution in [-0.4, -0.2) is 37.8 Å². The van der Waals surface area contributed by atoms with Gasteiger partial charge in [0, 0.05) is 18.8 Å². The van der Waals surface area contributed by atoms with E-state index in [4.69, 9.17) is 4.74 Å². The highest BCUT2D eigenvalue weighted by Crippen LogP contribution is 2.19. The standard InChI is InChI=1S/C13H21N3O/c1-10-6-12(8-14-3)7-13(15-10)16-4-5-17-9-11(16)2/h6-7,11,14H,4-5,8-9H2,1-3H3. The molecule has 1 aromatic rings. The van der Waals surface area contributed by atoms with Crippen LogP contribution in [-0.2, 0) is 11.3 Å². The largest absolute Gasteiger partial charge is 0.377 e. The minimum atomic E-state index is 0.403. The monoisotopic (exact) mass is 235 g/mol. The Labute approximate surface area is 103 Å². The molecule has 0 spiro atoms. The van der Waals surface area contributed by atoms with E-state index in [1.807, 2.05) is 14.0 Å². The normalized spacial score (nSPS) is 20.6. The molecular weight excluding hydrogens is 214 g/mol. The van der Waals surface area contributed by atoms with Crippen molar-refractivity contribution in [1.29, 1.82) is 0 Å². The Bertz CT molecular complexity index is 381. The number of rotatable bonds is 3. The highest BCUT2D eigenvalue weighted by Gasteiger charge is 2.20. The Balaban J connectivity index is 2.24. The van der Waals surface area contributed by atoms with Gasteiger partial charge in [0.05, 0.1) is 19.3 Å². The molecule has 2 rings (SSSR count). The van der Waals surface area contributed by atoms with Gasteiger partial charge >= 0.3 is 0 Å². The molecule has 0 aliphatic carbocycles. The molecular formula is C13H21N3O. The number of morpholine rings is 1. The molecule has 0 saturated carbocycles. The summed E-state index contributed by atoms with van der Waals surface area (Å²) in [4.78, 5) is 6.96. The number of ether oxygens (including phenoxy) is 1. The molecule has 1 fully saturated rings. The van der Waals surface area contributed by atoms with Crippen molar-refractivity contribution >= 4 is 5.82 Å². The summed E-state index contributed by atoms with van der Waals surface area (Å²) < 4.78 is 5.46. The van der Waals surface area contributed by atoms with Gasteiger partial charge in [-0.05, 0) is 38.6 Å². The Morgan fingerprint density at radius 3 is 3.06 bits per heavy atom. The summed E-state index contributed by atoms with van der Waals surface area (Å²) >= 11 is 0. The zero-order valence-corrected chi connectivity index (χ0v) is 10.9. The molecule has 1 atom stereocenters. The first kappa shape index (κ1) is 12.3. The van der Waals surface area contributed by atoms with Gasteiger partial charge in [0.1, 0.15) is 5.82 Å². The SMILES string of the molecule is CNCc1cc(C)nc(N2CCOCC2C)c1. The van der Waals surface area contributed by atoms with Crippen molar-refractivity contribution in [3.8, 4) is 0 Å². The van der Waals surface area contributed by atoms with Crippen LogP contribution in [0, 0.1) is 6.92 Å². The maximum atomic E-state index is 5.46. The van der Waals surface area contributed by atoms with Crippen LogP contribution in [0.5, 0.6) is 0 Å². The summed E-state index contributed by atoms with van der Waals surface area (Å²) in [6, 6.07) is 4.71. The van der Waals surface area contributed by atoms with Crippen molar-refractivity contribution in [2.75, 3.05) is 31.7 Å². The third-order valence-electron chi connectivity index (χ3n) is 3.04. The zero-order chi connectivity index (χ0) is 12.3. The lowest BCUT2D eigenvalue weighted by atomic mass is 10.2. The highest BCUT2D eigenvalue weighted by molar-refractivity contribution is 5.44. The van der Waals surface area contributed by atoms with Gasteiger partial charge in [0.15, 0.2) is 0 Å². The molecule has 1 aliphatic heterocycles. The number of nitrogens with zero attached hydrogens (tertiary/aromatic N) is 2. The van der Waals surface area contributed by atoms with Gasteiger partial charge in [-0.1, -0.05) is 0 Å². The summed E-state index contributed by atoms with van der Waals surface area (Å²) in [7, 11) is 1.97. The van der Waals surface area contributed by atoms with Gasteiger partial charge in [-0.15, -0.1) is 0 Å². The molecule has 0 radical (unpaired) electrons. The predicted octanol–water partition coefficient (Wildman–Crippen LogP) is 1.33. The van der Waals surface area contributed by atoms with E-state index in [0.29, 0.717) is 6.04 Å². The van der Waals surface area contributed by atoms with Crippen LogP contribution >= 0.6 is 0 Å². The quantitative estimate of drug-likeness (QED) is 0.858. The number of anilines is 1. The van der Waals surface area contributed by atoms with Crippen LogP contribution in [0.4, 0.5) is 5.82 Å². The van der Waals surface area contributed by atoms with Crippen molar-refractivity contribution in [2.45, 2.75) is 26.4 Å². The van der Waals surface area contributed by atoms with Crippen LogP contribution in [0.2, 0.25) is 0 Å². The number of nitrogens with one attached hydrogen (secondary N) is 1. The first-order valence-electron chi connectivity index (χ1n) is 6.17. The second-order valence-electron chi connectivity index (χ2n) is 4.62. The fraction of sp³-hybridized carbons (Fsp3) is 0.615. The lowest BCUT2D eigenvalue weighted by Gasteiger charge is -2.34. The van der Waals surface area contributed by atoms with Crippen LogP contribution in [0.1, 0.15) is 18.2 Å². The molecule has 4 nitrogen and oxygen atoms in total. The summed E-state index contributed by atoms with van der Waals surface area (Å²) in [6.07, 6.45) is 0. The van der Waals surface area contributed by atoms with Crippen molar-refractivity contribution in [3.05, 3.63) is 23.4 Å². The van der Waals surface area contributed by atoms with Gasteiger partial charge in [-0.2, -0.15) is 0 Å². The van der Waals surface area contributed by atoms with Crippen molar-refractivity contribution < 1.29 is 4.74 Å². The van der Waals surface area contributed by atoms with Gasteiger partial charge in [-0.25, -0.2) is 4.98 Å². The highest BCUT2D eigenvalue weighted by atomic mass is 16.5. The first-order valence-corrected chi connectivity index (χ1v) is 6.17. The Hall–Kier alpha value is -1.13. The molecule has 0 amide bonds. The van der Waals surface area contributed by atoms with E-state index >= 15 is 0 Å². The Morgan fingerprint density at radius 2 is 2.35 bits per heavy atom. The molecule has 1 aliphatic rings. The van der Waals surface area contributed by atoms with E-state index in [0.717, 1.165) is 37.8 Å². The Kier molecular flexibility index (Phi) is 3.97. The summed E-state index contributed by atoms with van der Waals surface area (Å²) in [6.45, 7) is 7.62. The van der Waals surface area contributed by atoms with Crippen molar-refractivity contribution in [1.82, 2.24) is 10.3 Å². The maximum absolute atomic E-state index is 5.46. The third-order valence-corrected chi connectivity index (χ3v) is 3.04. The van der Waals surface area contributed by atoms with E-state index in [9.17, 15) is 0 Å². The lowest BCUT2D eigenvalue weighted by Crippen LogP contribution is -2.44. The van der Waals surface area contributed by atoms with Crippen LogP contribution in [0.3, 0.4) is 0 Å². The zero-order valence-electron chi connectivity index (χ0n) is 10.9. The number of pyridine rings is 1. The predicted molar refractivity (Wildman–Crippen MR) is 69.4 cm³/mol. The fourth-order valence-corrected chi connectivity index (χ4v) is 2.24. The average Bonchev–Trinajstić information content (AvgIpc) is 2.29. The van der Waals surface area contributed by atoms with E-state index in [2.05, 4.69) is 34.3 Å². The molecule has 1 aromatic heterocycles. The molecule has 1 N–H and O–H groups in total. The second kappa shape index (κ2) is 5.47. The van der Waals surface area contributed by atoms with Crippen molar-refractivity contribution in [2.24, 2.45) is 0 Å². The van der Waals surface area contributed by atoms with E-state index in [1.165, 1.54) is 5.56 Å². The van der Waals surface area contributed by atoms with E-state index < -0.39 is 0 Å². The minimum absolute atomic E-state index is 0.403. The topological polar surface area (TPSA) is 37.4 Å². The first-order chi connectivity index (χ1) is 8.20. The molecule has 1 saturated heterocycles. The fourth-order valence-electron chi connectivity index (χ4n) is 2.24. The molecule has 0 bridgehead atoms. The molecule has 1 unspecified atom stereocenters. The second-order valence-corrected chi connectivity index (χ2v) is 4.62. The minimum Gasteiger partial charge on any atom is -0.377 e. The molecule has 2 heterocycles. The van der Waals surface area contributed by atoms with Crippen LogP contribution < -0.4 is 10.2 Å². The van der Waals surface area contributed by atoms with Gasteiger partial charge in [0.25, 0.3) is 0 Å². The summed E-state index contributed by atoms with van der Waals surface area (Å²) in [5, 5.41) is 3.18. The van der Waals surface area contributed by atoms with E-state index in [1.54, 1.807) is 0 Å². The molecule has 4 heteroatoms. The van der Waals surface area contributed by atoms with Crippen molar-refractivity contribution in [3.63, 3.8) is 0 Å². The number of aryl methyl sites for hydroxylation is 1. The maximum Gasteiger partial charge on any atom is 0.129 e. The van der Waals surface area contributed by atoms with Crippen LogP contribution in [0.15, 0.2) is 12.1 Å². The summed E-state index contributed by atoms with van der Waals surface area (Å²) in [5.41, 5.74) is 2.36. The lowest BCUT2D eigenvalue weighted by molar-refractivity contribution is 0.0985. The van der Waals surface area contributed by atoms with Crippen LogP contribution in [0.25, 0.3) is 0 Å². The summed E-state index contributed by atoms with van der Waals surface area (Å²) in [5.74, 6) is 1.08. The molecule has 17 heavy (non-hydrogen) atoms. The number of hydrogen-bond acceptors (Lipinski definition) is 4. The van der Waals surface area contributed by atoms with E-state index in [-0.39, 0.29) is 0 Å². The third kappa shape index (κ3) is 2.96. The van der Waals surface area contributed by atoms with Gasteiger partial charge in [0.2, 0.25) is 0 Å². The molecule has 94 valence electrons.